The molecule has 0 spiro atoms. The van der Waals surface area contributed by atoms with Crippen LogP contribution in [0.5, 0.6) is 5.75 Å². The smallest absolute Gasteiger partial charge is 0.243 e. The first-order chi connectivity index (χ1) is 15.0. The Bertz CT molecular complexity index is 903. The Morgan fingerprint density at radius 3 is 2.69 bits per heavy atom. The third kappa shape index (κ3) is 8.27. The van der Waals surface area contributed by atoms with Gasteiger partial charge in [0, 0.05) is 37.4 Å². The van der Waals surface area contributed by atoms with Crippen molar-refractivity contribution in [3.05, 3.63) is 59.4 Å². The maximum atomic E-state index is 13.0. The van der Waals surface area contributed by atoms with Gasteiger partial charge in [0.1, 0.15) is 11.6 Å². The predicted octanol–water partition coefficient (Wildman–Crippen LogP) is 3.47. The van der Waals surface area contributed by atoms with Gasteiger partial charge in [-0.25, -0.2) is 4.39 Å². The van der Waals surface area contributed by atoms with Gasteiger partial charge in [0.05, 0.1) is 19.8 Å². The molecule has 1 aliphatic heterocycles. The SMILES string of the molecule is CN=C(NCC(=O)Nc1ccc(F)cc1)NCc1ccc(C)cc1OCC1CCOC1.I. The van der Waals surface area contributed by atoms with Crippen molar-refractivity contribution in [3.63, 3.8) is 0 Å². The van der Waals surface area contributed by atoms with Crippen molar-refractivity contribution in [2.45, 2.75) is 19.9 Å². The second-order valence-corrected chi connectivity index (χ2v) is 7.49. The van der Waals surface area contributed by atoms with Gasteiger partial charge in [-0.1, -0.05) is 12.1 Å². The van der Waals surface area contributed by atoms with Gasteiger partial charge in [0.15, 0.2) is 5.96 Å². The number of anilines is 1. The molecule has 0 bridgehead atoms. The highest BCUT2D eigenvalue weighted by Crippen LogP contribution is 2.22. The topological polar surface area (TPSA) is 84.0 Å². The number of aliphatic imine (C=N–C) groups is 1. The molecule has 2 aromatic rings. The summed E-state index contributed by atoms with van der Waals surface area (Å²) in [6, 6.07) is 11.7. The number of halogens is 2. The van der Waals surface area contributed by atoms with Gasteiger partial charge in [-0.05, 0) is 49.2 Å². The summed E-state index contributed by atoms with van der Waals surface area (Å²) in [7, 11) is 1.64. The molecule has 9 heteroatoms. The number of amides is 1. The molecule has 1 heterocycles. The van der Waals surface area contributed by atoms with E-state index in [2.05, 4.69) is 20.9 Å². The third-order valence-corrected chi connectivity index (χ3v) is 4.94. The molecule has 1 atom stereocenters. The standard InChI is InChI=1S/C23H29FN4O3.HI/c1-16-3-4-18(21(11-16)31-15-17-9-10-30-14-17)12-26-23(25-2)27-13-22(29)28-20-7-5-19(24)6-8-20;/h3-8,11,17H,9-10,12-15H2,1-2H3,(H,28,29)(H2,25,26,27);1H. The monoisotopic (exact) mass is 556 g/mol. The van der Waals surface area contributed by atoms with Crippen molar-refractivity contribution in [2.75, 3.05) is 38.7 Å². The molecule has 3 N–H and O–H groups in total. The van der Waals surface area contributed by atoms with Crippen LogP contribution in [0.4, 0.5) is 10.1 Å². The maximum absolute atomic E-state index is 13.0. The van der Waals surface area contributed by atoms with Crippen LogP contribution in [0.2, 0.25) is 0 Å². The summed E-state index contributed by atoms with van der Waals surface area (Å²) in [6.45, 7) is 4.73. The van der Waals surface area contributed by atoms with Crippen molar-refractivity contribution in [2.24, 2.45) is 10.9 Å². The van der Waals surface area contributed by atoms with Crippen LogP contribution in [-0.2, 0) is 16.1 Å². The van der Waals surface area contributed by atoms with Crippen molar-refractivity contribution in [3.8, 4) is 5.75 Å². The lowest BCUT2D eigenvalue weighted by molar-refractivity contribution is -0.115. The maximum Gasteiger partial charge on any atom is 0.243 e. The van der Waals surface area contributed by atoms with Gasteiger partial charge in [-0.15, -0.1) is 24.0 Å². The number of nitrogens with one attached hydrogen (secondary N) is 3. The second kappa shape index (κ2) is 13.2. The van der Waals surface area contributed by atoms with E-state index in [1.807, 2.05) is 25.1 Å². The van der Waals surface area contributed by atoms with E-state index in [4.69, 9.17) is 9.47 Å². The summed E-state index contributed by atoms with van der Waals surface area (Å²) in [5.41, 5.74) is 2.66. The van der Waals surface area contributed by atoms with Crippen LogP contribution in [0.25, 0.3) is 0 Å². The highest BCUT2D eigenvalue weighted by Gasteiger charge is 2.17. The fourth-order valence-electron chi connectivity index (χ4n) is 3.17. The number of benzene rings is 2. The number of nitrogens with zero attached hydrogens (tertiary/aromatic N) is 1. The van der Waals surface area contributed by atoms with Gasteiger partial charge >= 0.3 is 0 Å². The molecule has 1 fully saturated rings. The molecule has 0 saturated carbocycles. The quantitative estimate of drug-likeness (QED) is 0.264. The molecule has 0 aromatic heterocycles. The predicted molar refractivity (Wildman–Crippen MR) is 134 cm³/mol. The molecule has 3 rings (SSSR count). The van der Waals surface area contributed by atoms with E-state index in [1.165, 1.54) is 24.3 Å². The van der Waals surface area contributed by atoms with Crippen LogP contribution in [0.15, 0.2) is 47.5 Å². The van der Waals surface area contributed by atoms with Gasteiger partial charge in [0.25, 0.3) is 0 Å². The fraction of sp³-hybridized carbons (Fsp3) is 0.391. The lowest BCUT2D eigenvalue weighted by Crippen LogP contribution is -2.41. The van der Waals surface area contributed by atoms with Crippen LogP contribution in [0.3, 0.4) is 0 Å². The Morgan fingerprint density at radius 2 is 2.00 bits per heavy atom. The summed E-state index contributed by atoms with van der Waals surface area (Å²) in [6.07, 6.45) is 1.02. The van der Waals surface area contributed by atoms with Crippen LogP contribution in [0.1, 0.15) is 17.5 Å². The minimum atomic E-state index is -0.350. The summed E-state index contributed by atoms with van der Waals surface area (Å²) in [5, 5.41) is 8.88. The number of rotatable bonds is 8. The van der Waals surface area contributed by atoms with E-state index in [-0.39, 0.29) is 42.2 Å². The van der Waals surface area contributed by atoms with Crippen molar-refractivity contribution < 1.29 is 18.7 Å². The Hall–Kier alpha value is -2.40. The molecular formula is C23H30FIN4O3. The Kier molecular flexibility index (Phi) is 10.7. The molecule has 0 radical (unpaired) electrons. The number of carbonyl (C=O) groups is 1. The number of carbonyl (C=O) groups excluding carboxylic acids is 1. The number of guanidine groups is 1. The van der Waals surface area contributed by atoms with Crippen molar-refractivity contribution in [1.29, 1.82) is 0 Å². The Morgan fingerprint density at radius 1 is 1.22 bits per heavy atom. The number of ether oxygens (including phenoxy) is 2. The summed E-state index contributed by atoms with van der Waals surface area (Å²) in [5.74, 6) is 1.15. The van der Waals surface area contributed by atoms with Crippen LogP contribution in [-0.4, -0.2) is 45.3 Å². The van der Waals surface area contributed by atoms with E-state index in [9.17, 15) is 9.18 Å². The highest BCUT2D eigenvalue weighted by atomic mass is 127. The molecule has 2 aromatic carbocycles. The molecule has 174 valence electrons. The average molecular weight is 556 g/mol. The average Bonchev–Trinajstić information content (AvgIpc) is 3.28. The van der Waals surface area contributed by atoms with E-state index in [0.29, 0.717) is 30.7 Å². The largest absolute Gasteiger partial charge is 0.493 e. The van der Waals surface area contributed by atoms with E-state index >= 15 is 0 Å². The van der Waals surface area contributed by atoms with Gasteiger partial charge < -0.3 is 25.4 Å². The second-order valence-electron chi connectivity index (χ2n) is 7.49. The minimum absolute atomic E-state index is 0. The third-order valence-electron chi connectivity index (χ3n) is 4.94. The molecule has 1 aliphatic rings. The lowest BCUT2D eigenvalue weighted by Gasteiger charge is -2.17. The summed E-state index contributed by atoms with van der Waals surface area (Å²) in [4.78, 5) is 16.3. The fourth-order valence-corrected chi connectivity index (χ4v) is 3.17. The van der Waals surface area contributed by atoms with E-state index in [1.54, 1.807) is 7.05 Å². The number of hydrogen-bond acceptors (Lipinski definition) is 4. The van der Waals surface area contributed by atoms with Crippen LogP contribution >= 0.6 is 24.0 Å². The van der Waals surface area contributed by atoms with E-state index in [0.717, 1.165) is 36.5 Å². The molecule has 7 nitrogen and oxygen atoms in total. The molecule has 1 amide bonds. The minimum Gasteiger partial charge on any atom is -0.493 e. The number of hydrogen-bond donors (Lipinski definition) is 3. The first-order valence-corrected chi connectivity index (χ1v) is 10.3. The zero-order chi connectivity index (χ0) is 22.1. The molecular weight excluding hydrogens is 526 g/mol. The first-order valence-electron chi connectivity index (χ1n) is 10.3. The van der Waals surface area contributed by atoms with Crippen molar-refractivity contribution >= 4 is 41.5 Å². The number of aryl methyl sites for hydroxylation is 1. The zero-order valence-electron chi connectivity index (χ0n) is 18.3. The molecule has 1 unspecified atom stereocenters. The molecule has 32 heavy (non-hydrogen) atoms. The van der Waals surface area contributed by atoms with Crippen LogP contribution < -0.4 is 20.7 Å². The van der Waals surface area contributed by atoms with Gasteiger partial charge in [0.2, 0.25) is 5.91 Å². The first kappa shape index (κ1) is 25.9. The summed E-state index contributed by atoms with van der Waals surface area (Å²) >= 11 is 0. The Labute approximate surface area is 205 Å². The lowest BCUT2D eigenvalue weighted by atomic mass is 10.1. The van der Waals surface area contributed by atoms with Crippen LogP contribution in [0, 0.1) is 18.7 Å². The van der Waals surface area contributed by atoms with Gasteiger partial charge in [-0.3, -0.25) is 9.79 Å². The molecule has 0 aliphatic carbocycles. The van der Waals surface area contributed by atoms with Gasteiger partial charge in [-0.2, -0.15) is 0 Å². The Balaban J connectivity index is 0.00000363. The zero-order valence-corrected chi connectivity index (χ0v) is 20.6. The molecule has 1 saturated heterocycles. The van der Waals surface area contributed by atoms with Crippen molar-refractivity contribution in [1.82, 2.24) is 10.6 Å². The highest BCUT2D eigenvalue weighted by molar-refractivity contribution is 14.0. The van der Waals surface area contributed by atoms with E-state index < -0.39 is 0 Å². The summed E-state index contributed by atoms with van der Waals surface area (Å²) < 4.78 is 24.4. The normalized spacial score (nSPS) is 15.6.